The summed E-state index contributed by atoms with van der Waals surface area (Å²) in [7, 11) is -3.56. The molecule has 2 heterocycles. The fourth-order valence-corrected chi connectivity index (χ4v) is 4.23. The lowest BCUT2D eigenvalue weighted by atomic mass is 10.2. The van der Waals surface area contributed by atoms with Crippen LogP contribution in [0.2, 0.25) is 0 Å². The number of hydrogen-bond donors (Lipinski definition) is 3. The van der Waals surface area contributed by atoms with Crippen molar-refractivity contribution in [2.45, 2.75) is 44.2 Å². The van der Waals surface area contributed by atoms with Crippen LogP contribution in [0.1, 0.15) is 31.2 Å². The number of likely N-dealkylation sites (N-methyl/N-ethyl adjacent to an activating group) is 1. The molecule has 4 N–H and O–H groups in total. The molecule has 0 amide bonds. The van der Waals surface area contributed by atoms with E-state index in [1.54, 1.807) is 6.92 Å². The lowest BCUT2D eigenvalue weighted by Gasteiger charge is -2.22. The standard InChI is InChI=1S/C12H23N5O2S/c1-3-17-6-4-5-10(17)8-14-20(18,19)12-9(2)15-16-11(12)7-13/h10,14H,3-8,13H2,1-2H3,(H,15,16). The van der Waals surface area contributed by atoms with E-state index >= 15 is 0 Å². The normalized spacial score (nSPS) is 20.6. The van der Waals surface area contributed by atoms with Gasteiger partial charge in [0.05, 0.1) is 11.4 Å². The Labute approximate surface area is 120 Å². The van der Waals surface area contributed by atoms with E-state index < -0.39 is 10.0 Å². The molecule has 7 nitrogen and oxygen atoms in total. The van der Waals surface area contributed by atoms with Crippen molar-refractivity contribution in [3.63, 3.8) is 0 Å². The van der Waals surface area contributed by atoms with Gasteiger partial charge in [-0.05, 0) is 32.9 Å². The highest BCUT2D eigenvalue weighted by molar-refractivity contribution is 7.89. The maximum absolute atomic E-state index is 12.4. The molecule has 0 bridgehead atoms. The molecule has 8 heteroatoms. The number of hydrogen-bond acceptors (Lipinski definition) is 5. The molecule has 0 spiro atoms. The Kier molecular flexibility index (Phi) is 4.79. The Morgan fingerprint density at radius 2 is 2.30 bits per heavy atom. The zero-order valence-electron chi connectivity index (χ0n) is 12.0. The van der Waals surface area contributed by atoms with Gasteiger partial charge in [-0.25, -0.2) is 13.1 Å². The first-order chi connectivity index (χ1) is 9.49. The predicted molar refractivity (Wildman–Crippen MR) is 76.7 cm³/mol. The molecule has 1 saturated heterocycles. The summed E-state index contributed by atoms with van der Waals surface area (Å²) in [5.74, 6) is 0. The van der Waals surface area contributed by atoms with Crippen molar-refractivity contribution in [3.8, 4) is 0 Å². The molecule has 2 rings (SSSR count). The van der Waals surface area contributed by atoms with Gasteiger partial charge in [0.15, 0.2) is 0 Å². The van der Waals surface area contributed by atoms with Gasteiger partial charge in [0.2, 0.25) is 10.0 Å². The van der Waals surface area contributed by atoms with Crippen molar-refractivity contribution in [1.29, 1.82) is 0 Å². The van der Waals surface area contributed by atoms with Crippen LogP contribution < -0.4 is 10.5 Å². The quantitative estimate of drug-likeness (QED) is 0.683. The number of nitrogens with two attached hydrogens (primary N) is 1. The fraction of sp³-hybridized carbons (Fsp3) is 0.750. The Morgan fingerprint density at radius 3 is 2.95 bits per heavy atom. The minimum absolute atomic E-state index is 0.102. The molecule has 1 aromatic rings. The first-order valence-corrected chi connectivity index (χ1v) is 8.45. The summed E-state index contributed by atoms with van der Waals surface area (Å²) in [4.78, 5) is 2.50. The molecule has 0 aliphatic carbocycles. The van der Waals surface area contributed by atoms with Crippen LogP contribution in [0.4, 0.5) is 0 Å². The summed E-state index contributed by atoms with van der Waals surface area (Å²) >= 11 is 0. The molecular formula is C12H23N5O2S. The predicted octanol–water partition coefficient (Wildman–Crippen LogP) is -0.0606. The Hall–Kier alpha value is -0.960. The maximum Gasteiger partial charge on any atom is 0.244 e. The number of rotatable bonds is 6. The zero-order chi connectivity index (χ0) is 14.8. The molecule has 0 saturated carbocycles. The zero-order valence-corrected chi connectivity index (χ0v) is 12.8. The second-order valence-electron chi connectivity index (χ2n) is 5.11. The van der Waals surface area contributed by atoms with Gasteiger partial charge in [-0.2, -0.15) is 5.10 Å². The summed E-state index contributed by atoms with van der Waals surface area (Å²) in [6.45, 7) is 6.32. The van der Waals surface area contributed by atoms with Gasteiger partial charge in [0.1, 0.15) is 4.90 Å². The number of H-pyrrole nitrogens is 1. The first-order valence-electron chi connectivity index (χ1n) is 6.97. The third kappa shape index (κ3) is 3.03. The molecule has 1 fully saturated rings. The van der Waals surface area contributed by atoms with E-state index in [0.29, 0.717) is 17.9 Å². The smallest absolute Gasteiger partial charge is 0.244 e. The van der Waals surface area contributed by atoms with Crippen LogP contribution in [0, 0.1) is 6.92 Å². The maximum atomic E-state index is 12.4. The van der Waals surface area contributed by atoms with Crippen molar-refractivity contribution < 1.29 is 8.42 Å². The molecule has 1 unspecified atom stereocenters. The number of nitrogens with one attached hydrogen (secondary N) is 2. The van der Waals surface area contributed by atoms with Gasteiger partial charge >= 0.3 is 0 Å². The molecule has 1 atom stereocenters. The molecule has 114 valence electrons. The van der Waals surface area contributed by atoms with Gasteiger partial charge in [-0.15, -0.1) is 0 Å². The molecule has 0 aromatic carbocycles. The van der Waals surface area contributed by atoms with Gasteiger partial charge in [0.25, 0.3) is 0 Å². The third-order valence-electron chi connectivity index (χ3n) is 3.84. The summed E-state index contributed by atoms with van der Waals surface area (Å²) in [5, 5.41) is 6.61. The number of likely N-dealkylation sites (tertiary alicyclic amines) is 1. The van der Waals surface area contributed by atoms with Crippen molar-refractivity contribution in [2.75, 3.05) is 19.6 Å². The molecule has 1 aliphatic heterocycles. The van der Waals surface area contributed by atoms with Crippen molar-refractivity contribution in [3.05, 3.63) is 11.4 Å². The average Bonchev–Trinajstić information content (AvgIpc) is 3.02. The van der Waals surface area contributed by atoms with Crippen LogP contribution in [0.25, 0.3) is 0 Å². The van der Waals surface area contributed by atoms with E-state index in [1.807, 2.05) is 0 Å². The summed E-state index contributed by atoms with van der Waals surface area (Å²) in [6.07, 6.45) is 2.16. The molecular weight excluding hydrogens is 278 g/mol. The number of nitrogens with zero attached hydrogens (tertiary/aromatic N) is 2. The van der Waals surface area contributed by atoms with E-state index in [1.165, 1.54) is 0 Å². The van der Waals surface area contributed by atoms with Gasteiger partial charge in [-0.3, -0.25) is 10.00 Å². The summed E-state index contributed by atoms with van der Waals surface area (Å²) < 4.78 is 27.5. The highest BCUT2D eigenvalue weighted by Crippen LogP contribution is 2.19. The van der Waals surface area contributed by atoms with E-state index in [2.05, 4.69) is 26.7 Å². The summed E-state index contributed by atoms with van der Waals surface area (Å²) in [5.41, 5.74) is 6.45. The van der Waals surface area contributed by atoms with E-state index in [-0.39, 0.29) is 17.5 Å². The Bertz CT molecular complexity index is 554. The van der Waals surface area contributed by atoms with Gasteiger partial charge < -0.3 is 5.73 Å². The third-order valence-corrected chi connectivity index (χ3v) is 5.46. The monoisotopic (exact) mass is 301 g/mol. The lowest BCUT2D eigenvalue weighted by Crippen LogP contribution is -2.40. The van der Waals surface area contributed by atoms with Crippen LogP contribution in [-0.4, -0.2) is 49.2 Å². The van der Waals surface area contributed by atoms with Crippen LogP contribution in [0.15, 0.2) is 4.90 Å². The molecule has 1 aromatic heterocycles. The highest BCUT2D eigenvalue weighted by Gasteiger charge is 2.27. The van der Waals surface area contributed by atoms with Crippen LogP contribution >= 0.6 is 0 Å². The molecule has 20 heavy (non-hydrogen) atoms. The van der Waals surface area contributed by atoms with Crippen LogP contribution in [0.5, 0.6) is 0 Å². The first kappa shape index (κ1) is 15.4. The van der Waals surface area contributed by atoms with E-state index in [9.17, 15) is 8.42 Å². The van der Waals surface area contributed by atoms with Crippen LogP contribution in [-0.2, 0) is 16.6 Å². The van der Waals surface area contributed by atoms with E-state index in [4.69, 9.17) is 5.73 Å². The highest BCUT2D eigenvalue weighted by atomic mass is 32.2. The number of aryl methyl sites for hydroxylation is 1. The van der Waals surface area contributed by atoms with Crippen LogP contribution in [0.3, 0.4) is 0 Å². The van der Waals surface area contributed by atoms with E-state index in [0.717, 1.165) is 25.9 Å². The number of aromatic nitrogens is 2. The fourth-order valence-electron chi connectivity index (χ4n) is 2.78. The average molecular weight is 301 g/mol. The second kappa shape index (κ2) is 6.21. The minimum atomic E-state index is -3.56. The van der Waals surface area contributed by atoms with Gasteiger partial charge in [-0.1, -0.05) is 6.92 Å². The molecule has 1 aliphatic rings. The SMILES string of the molecule is CCN1CCCC1CNS(=O)(=O)c1c(CN)n[nH]c1C. The second-order valence-corrected chi connectivity index (χ2v) is 6.81. The largest absolute Gasteiger partial charge is 0.325 e. The summed E-state index contributed by atoms with van der Waals surface area (Å²) in [6, 6.07) is 0.281. The van der Waals surface area contributed by atoms with Crippen molar-refractivity contribution in [1.82, 2.24) is 19.8 Å². The Morgan fingerprint density at radius 1 is 1.55 bits per heavy atom. The van der Waals surface area contributed by atoms with Gasteiger partial charge in [0, 0.05) is 19.1 Å². The Balaban J connectivity index is 2.09. The van der Waals surface area contributed by atoms with Crippen molar-refractivity contribution >= 4 is 10.0 Å². The number of sulfonamides is 1. The molecule has 0 radical (unpaired) electrons. The topological polar surface area (TPSA) is 104 Å². The number of aromatic amines is 1. The van der Waals surface area contributed by atoms with Crippen molar-refractivity contribution in [2.24, 2.45) is 5.73 Å². The lowest BCUT2D eigenvalue weighted by molar-refractivity contribution is 0.268. The minimum Gasteiger partial charge on any atom is -0.325 e.